The fourth-order valence-electron chi connectivity index (χ4n) is 3.14. The average molecular weight is 360 g/mol. The van der Waals surface area contributed by atoms with Crippen LogP contribution in [0.2, 0.25) is 0 Å². The van der Waals surface area contributed by atoms with Gasteiger partial charge in [-0.05, 0) is 18.2 Å². The molecule has 1 aliphatic heterocycles. The number of methoxy groups -OCH3 is 3. The van der Waals surface area contributed by atoms with Crippen LogP contribution in [0.3, 0.4) is 0 Å². The maximum absolute atomic E-state index is 12.9. The van der Waals surface area contributed by atoms with E-state index in [4.69, 9.17) is 18.6 Å². The highest BCUT2D eigenvalue weighted by molar-refractivity contribution is 5.95. The first-order chi connectivity index (χ1) is 12.7. The number of ether oxygens (including phenoxy) is 3. The van der Waals surface area contributed by atoms with Crippen molar-refractivity contribution in [1.82, 2.24) is 9.80 Å². The van der Waals surface area contributed by atoms with Gasteiger partial charge in [-0.25, -0.2) is 0 Å². The number of furan rings is 1. The van der Waals surface area contributed by atoms with Gasteiger partial charge in [0.05, 0.1) is 33.9 Å². The molecule has 0 atom stereocenters. The van der Waals surface area contributed by atoms with Crippen molar-refractivity contribution in [2.24, 2.45) is 0 Å². The minimum Gasteiger partial charge on any atom is -0.493 e. The number of hydrogen-bond acceptors (Lipinski definition) is 6. The molecule has 7 heteroatoms. The molecule has 1 aliphatic rings. The summed E-state index contributed by atoms with van der Waals surface area (Å²) in [5.74, 6) is 1.41. The van der Waals surface area contributed by atoms with E-state index in [0.717, 1.165) is 25.2 Å². The van der Waals surface area contributed by atoms with Gasteiger partial charge in [0.1, 0.15) is 0 Å². The van der Waals surface area contributed by atoms with Gasteiger partial charge in [0.15, 0.2) is 11.5 Å². The number of carbonyl (C=O) groups excluding carboxylic acids is 1. The van der Waals surface area contributed by atoms with Crippen LogP contribution in [-0.2, 0) is 6.54 Å². The molecule has 0 aliphatic carbocycles. The molecule has 1 aromatic carbocycles. The molecule has 0 N–H and O–H groups in total. The number of carbonyl (C=O) groups is 1. The summed E-state index contributed by atoms with van der Waals surface area (Å²) in [6.07, 6.45) is 3.44. The van der Waals surface area contributed by atoms with Gasteiger partial charge in [0.25, 0.3) is 5.91 Å². The largest absolute Gasteiger partial charge is 0.493 e. The van der Waals surface area contributed by atoms with Crippen molar-refractivity contribution in [2.45, 2.75) is 6.54 Å². The lowest BCUT2D eigenvalue weighted by Gasteiger charge is -2.34. The highest BCUT2D eigenvalue weighted by atomic mass is 16.5. The normalized spacial score (nSPS) is 15.0. The summed E-state index contributed by atoms with van der Waals surface area (Å²) in [6.45, 7) is 3.83. The Labute approximate surface area is 153 Å². The average Bonchev–Trinajstić information content (AvgIpc) is 3.19. The fourth-order valence-corrected chi connectivity index (χ4v) is 3.14. The molecule has 2 aromatic rings. The van der Waals surface area contributed by atoms with Crippen molar-refractivity contribution in [3.05, 3.63) is 41.9 Å². The second-order valence-corrected chi connectivity index (χ2v) is 6.11. The standard InChI is InChI=1S/C19H24N2O5/c1-23-16-10-15(11-17(24-2)18(16)25-3)19(22)21-7-5-20(6-8-21)12-14-4-9-26-13-14/h4,9-11,13H,5-8,12H2,1-3H3. The number of rotatable bonds is 6. The predicted molar refractivity (Wildman–Crippen MR) is 96.0 cm³/mol. The van der Waals surface area contributed by atoms with Crippen molar-refractivity contribution in [1.29, 1.82) is 0 Å². The lowest BCUT2D eigenvalue weighted by molar-refractivity contribution is 0.0627. The van der Waals surface area contributed by atoms with Crippen LogP contribution in [0.25, 0.3) is 0 Å². The number of amides is 1. The molecular weight excluding hydrogens is 336 g/mol. The molecule has 0 spiro atoms. The van der Waals surface area contributed by atoms with Gasteiger partial charge in [0, 0.05) is 43.9 Å². The quantitative estimate of drug-likeness (QED) is 0.787. The number of hydrogen-bond donors (Lipinski definition) is 0. The molecule has 140 valence electrons. The van der Waals surface area contributed by atoms with Gasteiger partial charge in [-0.15, -0.1) is 0 Å². The van der Waals surface area contributed by atoms with Crippen molar-refractivity contribution in [3.63, 3.8) is 0 Å². The molecule has 26 heavy (non-hydrogen) atoms. The van der Waals surface area contributed by atoms with Crippen LogP contribution in [0.15, 0.2) is 35.1 Å². The van der Waals surface area contributed by atoms with Gasteiger partial charge >= 0.3 is 0 Å². The zero-order valence-electron chi connectivity index (χ0n) is 15.4. The van der Waals surface area contributed by atoms with E-state index in [-0.39, 0.29) is 5.91 Å². The van der Waals surface area contributed by atoms with Gasteiger partial charge in [-0.1, -0.05) is 0 Å². The SMILES string of the molecule is COc1cc(C(=O)N2CCN(Cc3ccoc3)CC2)cc(OC)c1OC. The van der Waals surface area contributed by atoms with Crippen molar-refractivity contribution < 1.29 is 23.4 Å². The molecule has 1 fully saturated rings. The molecular formula is C19H24N2O5. The van der Waals surface area contributed by atoms with Crippen molar-refractivity contribution in [2.75, 3.05) is 47.5 Å². The first-order valence-corrected chi connectivity index (χ1v) is 8.49. The summed E-state index contributed by atoms with van der Waals surface area (Å²) in [6, 6.07) is 5.36. The van der Waals surface area contributed by atoms with E-state index in [1.165, 1.54) is 0 Å². The lowest BCUT2D eigenvalue weighted by atomic mass is 10.1. The first kappa shape index (κ1) is 18.1. The molecule has 7 nitrogen and oxygen atoms in total. The third kappa shape index (κ3) is 3.77. The first-order valence-electron chi connectivity index (χ1n) is 8.49. The van der Waals surface area contributed by atoms with E-state index < -0.39 is 0 Å². The Kier molecular flexibility index (Phi) is 5.68. The van der Waals surface area contributed by atoms with E-state index in [1.807, 2.05) is 11.0 Å². The van der Waals surface area contributed by atoms with Crippen LogP contribution in [0, 0.1) is 0 Å². The minimum absolute atomic E-state index is 0.0350. The van der Waals surface area contributed by atoms with E-state index in [0.29, 0.717) is 35.9 Å². The second-order valence-electron chi connectivity index (χ2n) is 6.11. The maximum atomic E-state index is 12.9. The smallest absolute Gasteiger partial charge is 0.254 e. The summed E-state index contributed by atoms with van der Waals surface area (Å²) < 4.78 is 21.1. The van der Waals surface area contributed by atoms with E-state index in [1.54, 1.807) is 46.0 Å². The van der Waals surface area contributed by atoms with E-state index >= 15 is 0 Å². The van der Waals surface area contributed by atoms with Crippen molar-refractivity contribution in [3.8, 4) is 17.2 Å². The Morgan fingerprint density at radius 3 is 2.19 bits per heavy atom. The molecule has 1 amide bonds. The van der Waals surface area contributed by atoms with Crippen molar-refractivity contribution >= 4 is 5.91 Å². The second kappa shape index (κ2) is 8.14. The van der Waals surface area contributed by atoms with Gasteiger partial charge in [0.2, 0.25) is 5.75 Å². The van der Waals surface area contributed by atoms with Gasteiger partial charge in [-0.2, -0.15) is 0 Å². The minimum atomic E-state index is -0.0350. The Balaban J connectivity index is 1.68. The number of benzene rings is 1. The van der Waals surface area contributed by atoms with Crippen LogP contribution in [0.4, 0.5) is 0 Å². The molecule has 0 unspecified atom stereocenters. The summed E-state index contributed by atoms with van der Waals surface area (Å²) in [7, 11) is 4.63. The monoisotopic (exact) mass is 360 g/mol. The molecule has 1 saturated heterocycles. The zero-order valence-corrected chi connectivity index (χ0v) is 15.4. The topological polar surface area (TPSA) is 64.4 Å². The molecule has 2 heterocycles. The molecule has 0 radical (unpaired) electrons. The number of piperazine rings is 1. The van der Waals surface area contributed by atoms with Crippen LogP contribution < -0.4 is 14.2 Å². The lowest BCUT2D eigenvalue weighted by Crippen LogP contribution is -2.48. The fraction of sp³-hybridized carbons (Fsp3) is 0.421. The van der Waals surface area contributed by atoms with Crippen LogP contribution >= 0.6 is 0 Å². The summed E-state index contributed by atoms with van der Waals surface area (Å²) >= 11 is 0. The summed E-state index contributed by atoms with van der Waals surface area (Å²) in [5, 5.41) is 0. The predicted octanol–water partition coefficient (Wildman–Crippen LogP) is 2.26. The van der Waals surface area contributed by atoms with Crippen LogP contribution in [0.5, 0.6) is 17.2 Å². The third-order valence-corrected chi connectivity index (χ3v) is 4.56. The molecule has 0 saturated carbocycles. The van der Waals surface area contributed by atoms with Crippen LogP contribution in [-0.4, -0.2) is 63.2 Å². The van der Waals surface area contributed by atoms with E-state index in [2.05, 4.69) is 4.90 Å². The summed E-state index contributed by atoms with van der Waals surface area (Å²) in [4.78, 5) is 17.1. The highest BCUT2D eigenvalue weighted by Crippen LogP contribution is 2.38. The molecule has 0 bridgehead atoms. The number of nitrogens with zero attached hydrogens (tertiary/aromatic N) is 2. The van der Waals surface area contributed by atoms with Gasteiger partial charge < -0.3 is 23.5 Å². The van der Waals surface area contributed by atoms with Crippen LogP contribution in [0.1, 0.15) is 15.9 Å². The third-order valence-electron chi connectivity index (χ3n) is 4.56. The molecule has 3 rings (SSSR count). The Morgan fingerprint density at radius 2 is 1.69 bits per heavy atom. The summed E-state index contributed by atoms with van der Waals surface area (Å²) in [5.41, 5.74) is 1.68. The molecule has 1 aromatic heterocycles. The Morgan fingerprint density at radius 1 is 1.04 bits per heavy atom. The van der Waals surface area contributed by atoms with Gasteiger partial charge in [-0.3, -0.25) is 9.69 Å². The van der Waals surface area contributed by atoms with E-state index in [9.17, 15) is 4.79 Å². The maximum Gasteiger partial charge on any atom is 0.254 e. The Hall–Kier alpha value is -2.67. The highest BCUT2D eigenvalue weighted by Gasteiger charge is 2.24. The zero-order chi connectivity index (χ0) is 18.5. The Bertz CT molecular complexity index is 711.